The average molecular weight is 500 g/mol. The van der Waals surface area contributed by atoms with Crippen molar-refractivity contribution in [3.8, 4) is 0 Å². The zero-order chi connectivity index (χ0) is 26.2. The standard InChI is InChI=1S/C29H33N5O3/c1-29(2,3)22-15-9-10-16-23(22)31-24(35)18-33-27(36)25-26(30-19-34(25)21-13-7-8-14-21)32(28(33)37)17-20-11-5-4-6-12-20/h4-6,9-12,15-16,19,21H,7-8,13-14,17-18H2,1-3H3,(H,31,35). The van der Waals surface area contributed by atoms with Gasteiger partial charge in [0, 0.05) is 11.7 Å². The van der Waals surface area contributed by atoms with Gasteiger partial charge in [0.1, 0.15) is 6.54 Å². The Hall–Kier alpha value is -3.94. The van der Waals surface area contributed by atoms with E-state index in [1.54, 1.807) is 6.33 Å². The minimum Gasteiger partial charge on any atom is -0.324 e. The van der Waals surface area contributed by atoms with Gasteiger partial charge in [-0.15, -0.1) is 0 Å². The number of aromatic nitrogens is 4. The fraction of sp³-hybridized carbons (Fsp3) is 0.379. The lowest BCUT2D eigenvalue weighted by Crippen LogP contribution is -2.43. The Bertz CT molecular complexity index is 1550. The number of hydrogen-bond donors (Lipinski definition) is 1. The van der Waals surface area contributed by atoms with Crippen LogP contribution in [0.1, 0.15) is 63.6 Å². The van der Waals surface area contributed by atoms with Gasteiger partial charge in [0.2, 0.25) is 5.91 Å². The van der Waals surface area contributed by atoms with E-state index in [4.69, 9.17) is 0 Å². The van der Waals surface area contributed by atoms with Crippen LogP contribution < -0.4 is 16.6 Å². The van der Waals surface area contributed by atoms with Crippen LogP contribution >= 0.6 is 0 Å². The first-order valence-corrected chi connectivity index (χ1v) is 12.9. The lowest BCUT2D eigenvalue weighted by atomic mass is 9.86. The van der Waals surface area contributed by atoms with Crippen molar-refractivity contribution in [3.05, 3.63) is 92.9 Å². The van der Waals surface area contributed by atoms with Crippen LogP contribution in [0, 0.1) is 0 Å². The number of nitrogens with zero attached hydrogens (tertiary/aromatic N) is 4. The Balaban J connectivity index is 1.58. The van der Waals surface area contributed by atoms with Gasteiger partial charge in [-0.2, -0.15) is 0 Å². The van der Waals surface area contributed by atoms with Crippen molar-refractivity contribution >= 4 is 22.8 Å². The lowest BCUT2D eigenvalue weighted by molar-refractivity contribution is -0.116. The molecular formula is C29H33N5O3. The maximum Gasteiger partial charge on any atom is 0.333 e. The summed E-state index contributed by atoms with van der Waals surface area (Å²) in [5.41, 5.74) is 2.10. The third kappa shape index (κ3) is 4.88. The van der Waals surface area contributed by atoms with Crippen LogP contribution in [0.2, 0.25) is 0 Å². The number of rotatable bonds is 6. The number of hydrogen-bond acceptors (Lipinski definition) is 4. The van der Waals surface area contributed by atoms with Crippen LogP contribution in [0.5, 0.6) is 0 Å². The molecule has 2 aromatic carbocycles. The number of benzene rings is 2. The number of anilines is 1. The van der Waals surface area contributed by atoms with Crippen molar-refractivity contribution < 1.29 is 4.79 Å². The number of para-hydroxylation sites is 1. The molecule has 5 rings (SSSR count). The number of nitrogens with one attached hydrogen (secondary N) is 1. The highest BCUT2D eigenvalue weighted by molar-refractivity contribution is 5.91. The molecule has 1 saturated carbocycles. The van der Waals surface area contributed by atoms with Crippen molar-refractivity contribution in [2.45, 2.75) is 71.0 Å². The maximum atomic E-state index is 13.7. The van der Waals surface area contributed by atoms with Gasteiger partial charge in [-0.3, -0.25) is 14.2 Å². The summed E-state index contributed by atoms with van der Waals surface area (Å²) in [5, 5.41) is 2.93. The average Bonchev–Trinajstić information content (AvgIpc) is 3.55. The van der Waals surface area contributed by atoms with E-state index >= 15 is 0 Å². The van der Waals surface area contributed by atoms with Gasteiger partial charge in [-0.25, -0.2) is 14.3 Å². The fourth-order valence-corrected chi connectivity index (χ4v) is 5.29. The minimum atomic E-state index is -0.544. The summed E-state index contributed by atoms with van der Waals surface area (Å²) in [6, 6.07) is 17.4. The predicted octanol–water partition coefficient (Wildman–Crippen LogP) is 4.46. The molecule has 0 aliphatic heterocycles. The van der Waals surface area contributed by atoms with Crippen LogP contribution in [0.3, 0.4) is 0 Å². The molecule has 0 unspecified atom stereocenters. The molecule has 0 saturated heterocycles. The number of fused-ring (bicyclic) bond motifs is 1. The first-order valence-electron chi connectivity index (χ1n) is 12.9. The lowest BCUT2D eigenvalue weighted by Gasteiger charge is -2.23. The SMILES string of the molecule is CC(C)(C)c1ccccc1NC(=O)Cn1c(=O)c2c(ncn2C2CCCC2)n(Cc2ccccc2)c1=O. The quantitative estimate of drug-likeness (QED) is 0.424. The Morgan fingerprint density at radius 3 is 2.35 bits per heavy atom. The van der Waals surface area contributed by atoms with Crippen LogP contribution in [-0.4, -0.2) is 24.6 Å². The van der Waals surface area contributed by atoms with Crippen LogP contribution in [0.25, 0.3) is 11.2 Å². The molecule has 0 atom stereocenters. The summed E-state index contributed by atoms with van der Waals surface area (Å²) in [4.78, 5) is 45.1. The summed E-state index contributed by atoms with van der Waals surface area (Å²) in [5.74, 6) is -0.423. The summed E-state index contributed by atoms with van der Waals surface area (Å²) in [6.45, 7) is 6.10. The molecular weight excluding hydrogens is 466 g/mol. The van der Waals surface area contributed by atoms with Crippen molar-refractivity contribution in [1.82, 2.24) is 18.7 Å². The molecule has 8 nitrogen and oxygen atoms in total. The maximum absolute atomic E-state index is 13.7. The normalized spacial score (nSPS) is 14.4. The van der Waals surface area contributed by atoms with Gasteiger partial charge >= 0.3 is 5.69 Å². The largest absolute Gasteiger partial charge is 0.333 e. The topological polar surface area (TPSA) is 90.9 Å². The van der Waals surface area contributed by atoms with E-state index in [-0.39, 0.29) is 24.5 Å². The van der Waals surface area contributed by atoms with E-state index in [1.807, 2.05) is 59.2 Å². The van der Waals surface area contributed by atoms with Crippen molar-refractivity contribution in [2.24, 2.45) is 0 Å². The zero-order valence-corrected chi connectivity index (χ0v) is 21.6. The summed E-state index contributed by atoms with van der Waals surface area (Å²) in [7, 11) is 0. The molecule has 1 amide bonds. The molecule has 37 heavy (non-hydrogen) atoms. The van der Waals surface area contributed by atoms with Gasteiger partial charge in [-0.05, 0) is 35.4 Å². The van der Waals surface area contributed by atoms with Gasteiger partial charge in [0.05, 0.1) is 12.9 Å². The molecule has 2 aromatic heterocycles. The van der Waals surface area contributed by atoms with E-state index in [9.17, 15) is 14.4 Å². The van der Waals surface area contributed by atoms with Crippen LogP contribution in [0.15, 0.2) is 70.5 Å². The first-order chi connectivity index (χ1) is 17.7. The van der Waals surface area contributed by atoms with Crippen LogP contribution in [0.4, 0.5) is 5.69 Å². The van der Waals surface area contributed by atoms with Gasteiger partial charge in [0.15, 0.2) is 11.2 Å². The van der Waals surface area contributed by atoms with E-state index in [0.29, 0.717) is 16.9 Å². The second-order valence-corrected chi connectivity index (χ2v) is 10.9. The molecule has 4 aromatic rings. The van der Waals surface area contributed by atoms with Gasteiger partial charge in [-0.1, -0.05) is 82.1 Å². The number of carbonyl (C=O) groups is 1. The smallest absolute Gasteiger partial charge is 0.324 e. The highest BCUT2D eigenvalue weighted by Crippen LogP contribution is 2.31. The molecule has 192 valence electrons. The van der Waals surface area contributed by atoms with E-state index in [0.717, 1.165) is 41.4 Å². The molecule has 1 aliphatic rings. The number of amides is 1. The van der Waals surface area contributed by atoms with Gasteiger partial charge < -0.3 is 9.88 Å². The molecule has 8 heteroatoms. The zero-order valence-electron chi connectivity index (χ0n) is 21.6. The Kier molecular flexibility index (Phi) is 6.58. The monoisotopic (exact) mass is 499 g/mol. The second kappa shape index (κ2) is 9.84. The van der Waals surface area contributed by atoms with Crippen LogP contribution in [-0.2, 0) is 23.3 Å². The third-order valence-corrected chi connectivity index (χ3v) is 7.15. The Morgan fingerprint density at radius 2 is 1.65 bits per heavy atom. The van der Waals surface area contributed by atoms with E-state index in [1.165, 1.54) is 4.57 Å². The Labute approximate surface area is 215 Å². The Morgan fingerprint density at radius 1 is 0.973 bits per heavy atom. The molecule has 2 heterocycles. The molecule has 0 bridgehead atoms. The molecule has 1 fully saturated rings. The fourth-order valence-electron chi connectivity index (χ4n) is 5.29. The number of carbonyl (C=O) groups excluding carboxylic acids is 1. The van der Waals surface area contributed by atoms with Crippen molar-refractivity contribution in [1.29, 1.82) is 0 Å². The van der Waals surface area contributed by atoms with Crippen molar-refractivity contribution in [3.63, 3.8) is 0 Å². The highest BCUT2D eigenvalue weighted by Gasteiger charge is 2.25. The second-order valence-electron chi connectivity index (χ2n) is 10.9. The summed E-state index contributed by atoms with van der Waals surface area (Å²) < 4.78 is 4.47. The summed E-state index contributed by atoms with van der Waals surface area (Å²) in [6.07, 6.45) is 5.79. The van der Waals surface area contributed by atoms with E-state index in [2.05, 4.69) is 31.1 Å². The van der Waals surface area contributed by atoms with Crippen molar-refractivity contribution in [2.75, 3.05) is 5.32 Å². The predicted molar refractivity (Wildman–Crippen MR) is 145 cm³/mol. The molecule has 1 N–H and O–H groups in total. The van der Waals surface area contributed by atoms with E-state index < -0.39 is 17.2 Å². The highest BCUT2D eigenvalue weighted by atomic mass is 16.2. The molecule has 1 aliphatic carbocycles. The molecule has 0 radical (unpaired) electrons. The number of imidazole rings is 1. The van der Waals surface area contributed by atoms with Gasteiger partial charge in [0.25, 0.3) is 5.56 Å². The summed E-state index contributed by atoms with van der Waals surface area (Å²) >= 11 is 0. The first kappa shape index (κ1) is 24.7. The third-order valence-electron chi connectivity index (χ3n) is 7.15. The minimum absolute atomic E-state index is 0.168. The molecule has 0 spiro atoms.